The molecule has 0 saturated carbocycles. The molecule has 1 aromatic rings. The lowest BCUT2D eigenvalue weighted by molar-refractivity contribution is -0.117. The van der Waals surface area contributed by atoms with Gasteiger partial charge in [-0.2, -0.15) is 0 Å². The highest BCUT2D eigenvalue weighted by molar-refractivity contribution is 6.52. The van der Waals surface area contributed by atoms with Gasteiger partial charge in [-0.3, -0.25) is 14.4 Å². The van der Waals surface area contributed by atoms with Crippen LogP contribution in [0.3, 0.4) is 0 Å². The number of anilines is 1. The lowest BCUT2D eigenvalue weighted by atomic mass is 10.1. The first-order chi connectivity index (χ1) is 8.00. The van der Waals surface area contributed by atoms with Crippen LogP contribution in [-0.4, -0.2) is 24.0 Å². The van der Waals surface area contributed by atoms with E-state index in [4.69, 9.17) is 11.6 Å². The fourth-order valence-electron chi connectivity index (χ4n) is 1.76. The zero-order chi connectivity index (χ0) is 12.6. The molecule has 17 heavy (non-hydrogen) atoms. The Morgan fingerprint density at radius 2 is 2.06 bits per heavy atom. The maximum atomic E-state index is 11.7. The van der Waals surface area contributed by atoms with E-state index in [1.807, 2.05) is 0 Å². The number of hydrogen-bond donors (Lipinski definition) is 0. The lowest BCUT2D eigenvalue weighted by Gasteiger charge is -2.15. The van der Waals surface area contributed by atoms with Crippen LogP contribution in [0.1, 0.15) is 23.7 Å². The van der Waals surface area contributed by atoms with Crippen LogP contribution in [-0.2, 0) is 9.59 Å². The molecule has 1 heterocycles. The van der Waals surface area contributed by atoms with Crippen LogP contribution < -0.4 is 4.90 Å². The molecule has 0 bridgehead atoms. The maximum absolute atomic E-state index is 11.7. The zero-order valence-corrected chi connectivity index (χ0v) is 9.95. The third-order valence-corrected chi connectivity index (χ3v) is 2.86. The van der Waals surface area contributed by atoms with Gasteiger partial charge in [0.1, 0.15) is 5.78 Å². The number of amides is 1. The van der Waals surface area contributed by atoms with Crippen molar-refractivity contribution in [3.05, 3.63) is 28.8 Å². The van der Waals surface area contributed by atoms with Gasteiger partial charge >= 0.3 is 0 Å². The van der Waals surface area contributed by atoms with Crippen molar-refractivity contribution in [2.24, 2.45) is 0 Å². The number of fused-ring (bicyclic) bond motifs is 1. The van der Waals surface area contributed by atoms with E-state index in [-0.39, 0.29) is 18.7 Å². The Hall–Kier alpha value is -1.68. The summed E-state index contributed by atoms with van der Waals surface area (Å²) in [6, 6.07) is 4.72. The Kier molecular flexibility index (Phi) is 2.98. The quantitative estimate of drug-likeness (QED) is 0.771. The van der Waals surface area contributed by atoms with E-state index in [9.17, 15) is 14.4 Å². The van der Waals surface area contributed by atoms with Crippen molar-refractivity contribution in [2.75, 3.05) is 11.4 Å². The second kappa shape index (κ2) is 4.30. The third kappa shape index (κ3) is 2.08. The van der Waals surface area contributed by atoms with E-state index in [1.54, 1.807) is 12.1 Å². The molecule has 5 heteroatoms. The summed E-state index contributed by atoms with van der Waals surface area (Å²) >= 11 is 5.78. The molecule has 0 spiro atoms. The van der Waals surface area contributed by atoms with Gasteiger partial charge in [0, 0.05) is 18.0 Å². The van der Waals surface area contributed by atoms with Crippen LogP contribution in [0, 0.1) is 0 Å². The second-order valence-electron chi connectivity index (χ2n) is 3.90. The van der Waals surface area contributed by atoms with Crippen LogP contribution in [0.4, 0.5) is 5.69 Å². The monoisotopic (exact) mass is 251 g/mol. The second-order valence-corrected chi connectivity index (χ2v) is 4.34. The van der Waals surface area contributed by atoms with E-state index in [1.165, 1.54) is 17.9 Å². The van der Waals surface area contributed by atoms with Crippen LogP contribution in [0.2, 0.25) is 5.02 Å². The van der Waals surface area contributed by atoms with Crippen LogP contribution in [0.5, 0.6) is 0 Å². The molecule has 0 aromatic heterocycles. The Morgan fingerprint density at radius 3 is 2.71 bits per heavy atom. The molecule has 1 aliphatic rings. The van der Waals surface area contributed by atoms with Gasteiger partial charge in [-0.05, 0) is 25.1 Å². The molecular formula is C12H10ClNO3. The van der Waals surface area contributed by atoms with Gasteiger partial charge in [0.25, 0.3) is 11.7 Å². The molecule has 0 radical (unpaired) electrons. The molecule has 1 aliphatic heterocycles. The Bertz CT molecular complexity index is 524. The van der Waals surface area contributed by atoms with Gasteiger partial charge in [-0.1, -0.05) is 11.6 Å². The maximum Gasteiger partial charge on any atom is 0.299 e. The van der Waals surface area contributed by atoms with Crippen molar-refractivity contribution < 1.29 is 14.4 Å². The van der Waals surface area contributed by atoms with Crippen molar-refractivity contribution in [2.45, 2.75) is 13.3 Å². The van der Waals surface area contributed by atoms with Gasteiger partial charge in [0.15, 0.2) is 0 Å². The largest absolute Gasteiger partial charge is 0.304 e. The number of Topliss-reactive ketones (excluding diaryl/α,β-unsaturated/α-hetero) is 2. The number of hydrogen-bond acceptors (Lipinski definition) is 3. The van der Waals surface area contributed by atoms with Crippen molar-refractivity contribution in [1.82, 2.24) is 0 Å². The third-order valence-electron chi connectivity index (χ3n) is 2.62. The van der Waals surface area contributed by atoms with Crippen LogP contribution in [0.25, 0.3) is 0 Å². The standard InChI is InChI=1S/C12H10ClNO3/c1-7(15)4-5-14-10-3-2-8(13)6-9(10)11(16)12(14)17/h2-3,6H,4-5H2,1H3. The van der Waals surface area contributed by atoms with E-state index in [0.717, 1.165) is 0 Å². The normalized spacial score (nSPS) is 14.1. The number of benzene rings is 1. The van der Waals surface area contributed by atoms with Gasteiger partial charge in [-0.15, -0.1) is 0 Å². The summed E-state index contributed by atoms with van der Waals surface area (Å²) < 4.78 is 0. The first-order valence-corrected chi connectivity index (χ1v) is 5.53. The number of rotatable bonds is 3. The van der Waals surface area contributed by atoms with Gasteiger partial charge < -0.3 is 4.90 Å². The summed E-state index contributed by atoms with van der Waals surface area (Å²) in [7, 11) is 0. The number of carbonyl (C=O) groups excluding carboxylic acids is 3. The molecule has 0 atom stereocenters. The Labute approximate surface area is 103 Å². The highest BCUT2D eigenvalue weighted by Gasteiger charge is 2.35. The average molecular weight is 252 g/mol. The van der Waals surface area contributed by atoms with Crippen LogP contribution >= 0.6 is 11.6 Å². The fraction of sp³-hybridized carbons (Fsp3) is 0.250. The molecule has 0 N–H and O–H groups in total. The molecule has 0 saturated heterocycles. The minimum absolute atomic E-state index is 0.0207. The lowest BCUT2D eigenvalue weighted by Crippen LogP contribution is -2.31. The van der Waals surface area contributed by atoms with E-state index in [2.05, 4.69) is 0 Å². The minimum Gasteiger partial charge on any atom is -0.304 e. The minimum atomic E-state index is -0.594. The predicted molar refractivity (Wildman–Crippen MR) is 63.4 cm³/mol. The summed E-state index contributed by atoms with van der Waals surface area (Å²) in [5, 5.41) is 0.415. The average Bonchev–Trinajstić information content (AvgIpc) is 2.50. The first-order valence-electron chi connectivity index (χ1n) is 5.16. The van der Waals surface area contributed by atoms with Crippen molar-refractivity contribution >= 4 is 34.8 Å². The smallest absolute Gasteiger partial charge is 0.299 e. The molecular weight excluding hydrogens is 242 g/mol. The first kappa shape index (κ1) is 11.8. The van der Waals surface area contributed by atoms with E-state index in [0.29, 0.717) is 16.3 Å². The number of ketones is 2. The topological polar surface area (TPSA) is 54.5 Å². The number of halogens is 1. The Balaban J connectivity index is 2.34. The van der Waals surface area contributed by atoms with Crippen molar-refractivity contribution in [1.29, 1.82) is 0 Å². The predicted octanol–water partition coefficient (Wildman–Crippen LogP) is 1.85. The SMILES string of the molecule is CC(=O)CCN1C(=O)C(=O)c2cc(Cl)ccc21. The molecule has 0 unspecified atom stereocenters. The molecule has 1 amide bonds. The Morgan fingerprint density at radius 1 is 1.35 bits per heavy atom. The van der Waals surface area contributed by atoms with Gasteiger partial charge in [0.05, 0.1) is 11.3 Å². The molecule has 4 nitrogen and oxygen atoms in total. The summed E-state index contributed by atoms with van der Waals surface area (Å²) in [5.74, 6) is -1.18. The van der Waals surface area contributed by atoms with Crippen molar-refractivity contribution in [3.63, 3.8) is 0 Å². The molecule has 2 rings (SSSR count). The summed E-state index contributed by atoms with van der Waals surface area (Å²) in [5.41, 5.74) is 0.844. The molecule has 88 valence electrons. The van der Waals surface area contributed by atoms with Crippen molar-refractivity contribution in [3.8, 4) is 0 Å². The molecule has 0 fully saturated rings. The van der Waals surface area contributed by atoms with Gasteiger partial charge in [0.2, 0.25) is 0 Å². The zero-order valence-electron chi connectivity index (χ0n) is 9.20. The van der Waals surface area contributed by atoms with E-state index >= 15 is 0 Å². The molecule has 1 aromatic carbocycles. The number of nitrogens with zero attached hydrogens (tertiary/aromatic N) is 1. The highest BCUT2D eigenvalue weighted by atomic mass is 35.5. The number of carbonyl (C=O) groups is 3. The molecule has 0 aliphatic carbocycles. The fourth-order valence-corrected chi connectivity index (χ4v) is 1.94. The summed E-state index contributed by atoms with van der Waals surface area (Å²) in [4.78, 5) is 35.6. The van der Waals surface area contributed by atoms with Gasteiger partial charge in [-0.25, -0.2) is 0 Å². The summed E-state index contributed by atoms with van der Waals surface area (Å²) in [6.07, 6.45) is 0.237. The summed E-state index contributed by atoms with van der Waals surface area (Å²) in [6.45, 7) is 1.68. The van der Waals surface area contributed by atoms with E-state index < -0.39 is 11.7 Å². The highest BCUT2D eigenvalue weighted by Crippen LogP contribution is 2.31. The van der Waals surface area contributed by atoms with Crippen LogP contribution in [0.15, 0.2) is 18.2 Å².